The average Bonchev–Trinajstić information content (AvgIpc) is 2.68. The topological polar surface area (TPSA) is 75.3 Å². The van der Waals surface area contributed by atoms with E-state index in [1.165, 1.54) is 6.07 Å². The van der Waals surface area contributed by atoms with E-state index in [0.29, 0.717) is 11.3 Å². The number of aryl methyl sites for hydroxylation is 4. The highest BCUT2D eigenvalue weighted by Gasteiger charge is 2.21. The molecule has 0 aromatic heterocycles. The molecule has 30 heavy (non-hydrogen) atoms. The molecule has 156 valence electrons. The summed E-state index contributed by atoms with van der Waals surface area (Å²) in [5.74, 6) is -0.351. The molecular weight excluding hydrogens is 396 g/mol. The second-order valence-corrected chi connectivity index (χ2v) is 9.21. The third-order valence-corrected chi connectivity index (χ3v) is 6.82. The van der Waals surface area contributed by atoms with Crippen molar-refractivity contribution in [3.8, 4) is 0 Å². The first-order chi connectivity index (χ1) is 14.1. The van der Waals surface area contributed by atoms with Gasteiger partial charge in [0.05, 0.1) is 10.6 Å². The van der Waals surface area contributed by atoms with Crippen molar-refractivity contribution >= 4 is 27.3 Å². The highest BCUT2D eigenvalue weighted by molar-refractivity contribution is 7.92. The van der Waals surface area contributed by atoms with Gasteiger partial charge in [-0.05, 0) is 80.6 Å². The van der Waals surface area contributed by atoms with Gasteiger partial charge in [0.2, 0.25) is 0 Å². The maximum absolute atomic E-state index is 13.1. The van der Waals surface area contributed by atoms with Crippen molar-refractivity contribution in [2.24, 2.45) is 0 Å². The van der Waals surface area contributed by atoms with Gasteiger partial charge in [-0.15, -0.1) is 0 Å². The predicted molar refractivity (Wildman–Crippen MR) is 122 cm³/mol. The van der Waals surface area contributed by atoms with Gasteiger partial charge in [-0.2, -0.15) is 0 Å². The van der Waals surface area contributed by atoms with Crippen molar-refractivity contribution in [3.05, 3.63) is 88.0 Å². The summed E-state index contributed by atoms with van der Waals surface area (Å²) in [6.07, 6.45) is 0. The number of sulfonamides is 1. The number of anilines is 2. The molecule has 2 N–H and O–H groups in total. The van der Waals surface area contributed by atoms with Crippen LogP contribution in [-0.2, 0) is 10.0 Å². The van der Waals surface area contributed by atoms with Crippen molar-refractivity contribution in [2.45, 2.75) is 39.5 Å². The van der Waals surface area contributed by atoms with Crippen LogP contribution in [0.25, 0.3) is 0 Å². The number of carbonyl (C=O) groups excluding carboxylic acids is 1. The molecule has 5 nitrogen and oxygen atoms in total. The first-order valence-corrected chi connectivity index (χ1v) is 11.2. The highest BCUT2D eigenvalue weighted by atomic mass is 32.2. The first kappa shape index (κ1) is 21.6. The molecule has 0 aliphatic rings. The monoisotopic (exact) mass is 422 g/mol. The lowest BCUT2D eigenvalue weighted by molar-refractivity contribution is 0.102. The molecule has 0 atom stereocenters. The van der Waals surface area contributed by atoms with Gasteiger partial charge < -0.3 is 5.32 Å². The van der Waals surface area contributed by atoms with Crippen molar-refractivity contribution in [2.75, 3.05) is 10.0 Å². The summed E-state index contributed by atoms with van der Waals surface area (Å²) in [5.41, 5.74) is 5.86. The Bertz CT molecular complexity index is 1210. The number of benzene rings is 3. The number of hydrogen-bond donors (Lipinski definition) is 2. The molecule has 0 fully saturated rings. The second-order valence-electron chi connectivity index (χ2n) is 7.55. The summed E-state index contributed by atoms with van der Waals surface area (Å²) < 4.78 is 28.8. The third kappa shape index (κ3) is 4.39. The van der Waals surface area contributed by atoms with Gasteiger partial charge in [-0.3, -0.25) is 9.52 Å². The van der Waals surface area contributed by atoms with Crippen LogP contribution in [0.15, 0.2) is 59.5 Å². The molecule has 3 aromatic rings. The molecule has 0 unspecified atom stereocenters. The van der Waals surface area contributed by atoms with Crippen LogP contribution in [-0.4, -0.2) is 14.3 Å². The van der Waals surface area contributed by atoms with E-state index < -0.39 is 10.0 Å². The van der Waals surface area contributed by atoms with Crippen molar-refractivity contribution in [1.82, 2.24) is 0 Å². The lowest BCUT2D eigenvalue weighted by atomic mass is 10.1. The Balaban J connectivity index is 1.94. The Labute approximate surface area is 178 Å². The SMILES string of the molecule is Cc1ccc(C(=O)Nc2c(C)cccc2C)cc1S(=O)(=O)Nc1cccc(C)c1C. The van der Waals surface area contributed by atoms with E-state index in [9.17, 15) is 13.2 Å². The van der Waals surface area contributed by atoms with E-state index >= 15 is 0 Å². The number of para-hydroxylation sites is 1. The Morgan fingerprint density at radius 1 is 0.767 bits per heavy atom. The molecular formula is C24H26N2O3S. The number of carbonyl (C=O) groups is 1. The number of nitrogens with one attached hydrogen (secondary N) is 2. The van der Waals surface area contributed by atoms with Gasteiger partial charge >= 0.3 is 0 Å². The molecule has 0 aliphatic heterocycles. The minimum atomic E-state index is -3.86. The maximum Gasteiger partial charge on any atom is 0.262 e. The molecule has 1 amide bonds. The summed E-state index contributed by atoms with van der Waals surface area (Å²) in [6, 6.07) is 15.9. The minimum absolute atomic E-state index is 0.0811. The van der Waals surface area contributed by atoms with Crippen LogP contribution in [0.4, 0.5) is 11.4 Å². The molecule has 0 heterocycles. The zero-order chi connectivity index (χ0) is 22.1. The fraction of sp³-hybridized carbons (Fsp3) is 0.208. The summed E-state index contributed by atoms with van der Waals surface area (Å²) in [7, 11) is -3.86. The van der Waals surface area contributed by atoms with E-state index in [1.807, 2.05) is 52.0 Å². The molecule has 3 aromatic carbocycles. The van der Waals surface area contributed by atoms with E-state index in [4.69, 9.17) is 0 Å². The third-order valence-electron chi connectivity index (χ3n) is 5.31. The van der Waals surface area contributed by atoms with Crippen molar-refractivity contribution in [1.29, 1.82) is 0 Å². The molecule has 0 radical (unpaired) electrons. The molecule has 0 aliphatic carbocycles. The van der Waals surface area contributed by atoms with Crippen LogP contribution >= 0.6 is 0 Å². The smallest absolute Gasteiger partial charge is 0.262 e. The Morgan fingerprint density at radius 2 is 1.37 bits per heavy atom. The number of hydrogen-bond acceptors (Lipinski definition) is 3. The maximum atomic E-state index is 13.1. The predicted octanol–water partition coefficient (Wildman–Crippen LogP) is 5.28. The highest BCUT2D eigenvalue weighted by Crippen LogP contribution is 2.25. The van der Waals surface area contributed by atoms with Gasteiger partial charge in [0.25, 0.3) is 15.9 Å². The quantitative estimate of drug-likeness (QED) is 0.587. The van der Waals surface area contributed by atoms with Gasteiger partial charge in [0.15, 0.2) is 0 Å². The van der Waals surface area contributed by atoms with Gasteiger partial charge in [0.1, 0.15) is 0 Å². The molecule has 6 heteroatoms. The average molecular weight is 423 g/mol. The van der Waals surface area contributed by atoms with E-state index in [-0.39, 0.29) is 16.4 Å². The van der Waals surface area contributed by atoms with E-state index in [1.54, 1.807) is 31.2 Å². The largest absolute Gasteiger partial charge is 0.322 e. The zero-order valence-corrected chi connectivity index (χ0v) is 18.6. The Morgan fingerprint density at radius 3 is 2.03 bits per heavy atom. The molecule has 0 spiro atoms. The molecule has 0 saturated heterocycles. The lowest BCUT2D eigenvalue weighted by Crippen LogP contribution is -2.18. The normalized spacial score (nSPS) is 11.2. The standard InChI is InChI=1S/C24H26N2O3S/c1-15-8-7-11-21(19(15)5)26-30(28,29)22-14-20(13-12-16(22)2)24(27)25-23-17(3)9-6-10-18(23)4/h6-14,26H,1-5H3,(H,25,27). The summed E-state index contributed by atoms with van der Waals surface area (Å²) in [4.78, 5) is 12.9. The Hall–Kier alpha value is -3.12. The lowest BCUT2D eigenvalue weighted by Gasteiger charge is -2.15. The van der Waals surface area contributed by atoms with Gasteiger partial charge in [-0.25, -0.2) is 8.42 Å². The van der Waals surface area contributed by atoms with Crippen LogP contribution in [0.2, 0.25) is 0 Å². The first-order valence-electron chi connectivity index (χ1n) is 9.67. The zero-order valence-electron chi connectivity index (χ0n) is 17.8. The number of rotatable bonds is 5. The molecule has 0 bridgehead atoms. The fourth-order valence-electron chi connectivity index (χ4n) is 3.29. The van der Waals surface area contributed by atoms with E-state index in [2.05, 4.69) is 10.0 Å². The van der Waals surface area contributed by atoms with Crippen LogP contribution < -0.4 is 10.0 Å². The van der Waals surface area contributed by atoms with Crippen LogP contribution in [0, 0.1) is 34.6 Å². The molecule has 0 saturated carbocycles. The summed E-state index contributed by atoms with van der Waals surface area (Å²) in [6.45, 7) is 9.35. The van der Waals surface area contributed by atoms with Gasteiger partial charge in [0, 0.05) is 11.3 Å². The van der Waals surface area contributed by atoms with E-state index in [0.717, 1.165) is 27.9 Å². The van der Waals surface area contributed by atoms with Crippen molar-refractivity contribution < 1.29 is 13.2 Å². The summed E-state index contributed by atoms with van der Waals surface area (Å²) >= 11 is 0. The fourth-order valence-corrected chi connectivity index (χ4v) is 4.68. The summed E-state index contributed by atoms with van der Waals surface area (Å²) in [5, 5.41) is 2.91. The van der Waals surface area contributed by atoms with Crippen LogP contribution in [0.1, 0.15) is 38.2 Å². The number of amides is 1. The Kier molecular flexibility index (Phi) is 5.99. The van der Waals surface area contributed by atoms with Crippen LogP contribution in [0.3, 0.4) is 0 Å². The van der Waals surface area contributed by atoms with Crippen LogP contribution in [0.5, 0.6) is 0 Å². The molecule has 3 rings (SSSR count). The van der Waals surface area contributed by atoms with Gasteiger partial charge in [-0.1, -0.05) is 36.4 Å². The minimum Gasteiger partial charge on any atom is -0.322 e. The van der Waals surface area contributed by atoms with Crippen molar-refractivity contribution in [3.63, 3.8) is 0 Å². The second kappa shape index (κ2) is 8.32.